The van der Waals surface area contributed by atoms with Gasteiger partial charge in [-0.05, 0) is 18.6 Å². The van der Waals surface area contributed by atoms with Gasteiger partial charge >= 0.3 is 0 Å². The molecule has 0 aliphatic carbocycles. The Hall–Kier alpha value is -2.64. The smallest absolute Gasteiger partial charge is 0.255 e. The summed E-state index contributed by atoms with van der Waals surface area (Å²) in [5.41, 5.74) is 1.80. The van der Waals surface area contributed by atoms with E-state index in [0.717, 1.165) is 39.3 Å². The number of nitrogens with zero attached hydrogens (tertiary/aromatic N) is 2. The minimum atomic E-state index is -0.295. The summed E-state index contributed by atoms with van der Waals surface area (Å²) in [6.45, 7) is 8.13. The summed E-state index contributed by atoms with van der Waals surface area (Å²) in [4.78, 5) is 28.7. The van der Waals surface area contributed by atoms with E-state index < -0.39 is 0 Å². The third-order valence-electron chi connectivity index (χ3n) is 4.98. The minimum Gasteiger partial charge on any atom is -0.469 e. The first kappa shape index (κ1) is 20.1. The number of hydrogen-bond acceptors (Lipinski definition) is 5. The van der Waals surface area contributed by atoms with E-state index in [9.17, 15) is 9.59 Å². The van der Waals surface area contributed by atoms with Gasteiger partial charge in [-0.2, -0.15) is 0 Å². The summed E-state index contributed by atoms with van der Waals surface area (Å²) in [6, 6.07) is 12.1. The standard InChI is InChI=1S/C21H28N4O3/c1-17-19(7-14-28-17)21(27)23-15-20(26)22-8-9-24-10-12-25(13-11-24)16-18-5-3-2-4-6-18/h2-7,14H,8-13,15-16H2,1H3,(H,22,26)(H,23,27). The number of carbonyl (C=O) groups is 2. The lowest BCUT2D eigenvalue weighted by Crippen LogP contribution is -2.48. The van der Waals surface area contributed by atoms with Gasteiger partial charge in [-0.3, -0.25) is 19.4 Å². The number of piperazine rings is 1. The van der Waals surface area contributed by atoms with Crippen LogP contribution in [0.1, 0.15) is 21.7 Å². The fourth-order valence-electron chi connectivity index (χ4n) is 3.30. The number of rotatable bonds is 8. The summed E-state index contributed by atoms with van der Waals surface area (Å²) in [5, 5.41) is 5.48. The maximum Gasteiger partial charge on any atom is 0.255 e. The Bertz CT molecular complexity index is 767. The molecule has 1 fully saturated rings. The molecule has 1 aliphatic rings. The van der Waals surface area contributed by atoms with Crippen molar-refractivity contribution in [1.82, 2.24) is 20.4 Å². The molecule has 0 spiro atoms. The normalized spacial score (nSPS) is 15.3. The Labute approximate surface area is 165 Å². The Morgan fingerprint density at radius 2 is 1.71 bits per heavy atom. The van der Waals surface area contributed by atoms with Gasteiger partial charge in [0.25, 0.3) is 5.91 Å². The Morgan fingerprint density at radius 3 is 2.39 bits per heavy atom. The molecule has 2 N–H and O–H groups in total. The van der Waals surface area contributed by atoms with Crippen molar-refractivity contribution in [3.05, 3.63) is 59.5 Å². The molecule has 1 saturated heterocycles. The van der Waals surface area contributed by atoms with Gasteiger partial charge in [-0.1, -0.05) is 30.3 Å². The number of amides is 2. The van der Waals surface area contributed by atoms with Gasteiger partial charge in [0.05, 0.1) is 18.4 Å². The van der Waals surface area contributed by atoms with Crippen LogP contribution < -0.4 is 10.6 Å². The van der Waals surface area contributed by atoms with Crippen LogP contribution in [-0.2, 0) is 11.3 Å². The van der Waals surface area contributed by atoms with Crippen LogP contribution in [0, 0.1) is 6.92 Å². The van der Waals surface area contributed by atoms with E-state index in [-0.39, 0.29) is 18.4 Å². The Kier molecular flexibility index (Phi) is 7.22. The van der Waals surface area contributed by atoms with Crippen molar-refractivity contribution in [1.29, 1.82) is 0 Å². The van der Waals surface area contributed by atoms with Crippen molar-refractivity contribution in [2.45, 2.75) is 13.5 Å². The number of benzene rings is 1. The molecule has 3 rings (SSSR count). The molecule has 1 aromatic heterocycles. The average Bonchev–Trinajstić information content (AvgIpc) is 3.14. The molecule has 2 aromatic rings. The first-order valence-electron chi connectivity index (χ1n) is 9.69. The van der Waals surface area contributed by atoms with Gasteiger partial charge in [0.15, 0.2) is 0 Å². The van der Waals surface area contributed by atoms with Crippen LogP contribution in [0.4, 0.5) is 0 Å². The predicted molar refractivity (Wildman–Crippen MR) is 107 cm³/mol. The van der Waals surface area contributed by atoms with Gasteiger partial charge < -0.3 is 15.1 Å². The van der Waals surface area contributed by atoms with Crippen molar-refractivity contribution in [3.63, 3.8) is 0 Å². The van der Waals surface area contributed by atoms with E-state index in [0.29, 0.717) is 17.9 Å². The maximum atomic E-state index is 11.9. The van der Waals surface area contributed by atoms with E-state index in [1.54, 1.807) is 13.0 Å². The molecule has 0 atom stereocenters. The quantitative estimate of drug-likeness (QED) is 0.716. The van der Waals surface area contributed by atoms with Gasteiger partial charge in [-0.25, -0.2) is 0 Å². The topological polar surface area (TPSA) is 77.8 Å². The molecule has 0 unspecified atom stereocenters. The number of furan rings is 1. The fourth-order valence-corrected chi connectivity index (χ4v) is 3.30. The van der Waals surface area contributed by atoms with Crippen molar-refractivity contribution in [2.75, 3.05) is 45.8 Å². The van der Waals surface area contributed by atoms with E-state index in [1.165, 1.54) is 11.8 Å². The van der Waals surface area contributed by atoms with Crippen molar-refractivity contribution in [2.24, 2.45) is 0 Å². The number of aryl methyl sites for hydroxylation is 1. The van der Waals surface area contributed by atoms with E-state index in [1.807, 2.05) is 6.07 Å². The van der Waals surface area contributed by atoms with Crippen molar-refractivity contribution >= 4 is 11.8 Å². The van der Waals surface area contributed by atoms with Gasteiger partial charge in [0.2, 0.25) is 5.91 Å². The second kappa shape index (κ2) is 10.1. The van der Waals surface area contributed by atoms with E-state index >= 15 is 0 Å². The highest BCUT2D eigenvalue weighted by Crippen LogP contribution is 2.08. The molecule has 7 heteroatoms. The predicted octanol–water partition coefficient (Wildman–Crippen LogP) is 1.25. The zero-order chi connectivity index (χ0) is 19.8. The summed E-state index contributed by atoms with van der Waals surface area (Å²) in [5.74, 6) is 0.0671. The van der Waals surface area contributed by atoms with Gasteiger partial charge in [-0.15, -0.1) is 0 Å². The van der Waals surface area contributed by atoms with E-state index in [2.05, 4.69) is 44.7 Å². The third-order valence-corrected chi connectivity index (χ3v) is 4.98. The van der Waals surface area contributed by atoms with Crippen LogP contribution in [0.25, 0.3) is 0 Å². The lowest BCUT2D eigenvalue weighted by Gasteiger charge is -2.34. The average molecular weight is 384 g/mol. The maximum absolute atomic E-state index is 11.9. The summed E-state index contributed by atoms with van der Waals surface area (Å²) in [7, 11) is 0. The molecule has 1 aromatic carbocycles. The van der Waals surface area contributed by atoms with Crippen LogP contribution in [0.2, 0.25) is 0 Å². The Morgan fingerprint density at radius 1 is 1.00 bits per heavy atom. The van der Waals surface area contributed by atoms with Crippen molar-refractivity contribution < 1.29 is 14.0 Å². The van der Waals surface area contributed by atoms with Crippen LogP contribution in [0.5, 0.6) is 0 Å². The minimum absolute atomic E-state index is 0.0334. The second-order valence-electron chi connectivity index (χ2n) is 7.03. The molecule has 0 radical (unpaired) electrons. The zero-order valence-corrected chi connectivity index (χ0v) is 16.3. The van der Waals surface area contributed by atoms with Crippen LogP contribution >= 0.6 is 0 Å². The first-order chi connectivity index (χ1) is 13.6. The molecule has 2 amide bonds. The second-order valence-corrected chi connectivity index (χ2v) is 7.03. The summed E-state index contributed by atoms with van der Waals surface area (Å²) in [6.07, 6.45) is 1.46. The number of nitrogens with one attached hydrogen (secondary N) is 2. The molecular weight excluding hydrogens is 356 g/mol. The molecule has 1 aliphatic heterocycles. The third kappa shape index (κ3) is 5.94. The Balaban J connectivity index is 1.28. The zero-order valence-electron chi connectivity index (χ0n) is 16.3. The molecule has 0 saturated carbocycles. The summed E-state index contributed by atoms with van der Waals surface area (Å²) < 4.78 is 5.09. The van der Waals surface area contributed by atoms with E-state index in [4.69, 9.17) is 4.42 Å². The van der Waals surface area contributed by atoms with Gasteiger partial charge in [0, 0.05) is 45.8 Å². The number of hydrogen-bond donors (Lipinski definition) is 2. The van der Waals surface area contributed by atoms with Gasteiger partial charge in [0.1, 0.15) is 5.76 Å². The molecule has 2 heterocycles. The number of carbonyl (C=O) groups excluding carboxylic acids is 2. The molecule has 150 valence electrons. The SMILES string of the molecule is Cc1occc1C(=O)NCC(=O)NCCN1CCN(Cc2ccccc2)CC1. The fraction of sp³-hybridized carbons (Fsp3) is 0.429. The van der Waals surface area contributed by atoms with Crippen LogP contribution in [0.3, 0.4) is 0 Å². The lowest BCUT2D eigenvalue weighted by atomic mass is 10.2. The monoisotopic (exact) mass is 384 g/mol. The molecule has 0 bridgehead atoms. The molecule has 7 nitrogen and oxygen atoms in total. The first-order valence-corrected chi connectivity index (χ1v) is 9.69. The van der Waals surface area contributed by atoms with Crippen LogP contribution in [0.15, 0.2) is 47.1 Å². The van der Waals surface area contributed by atoms with Crippen molar-refractivity contribution in [3.8, 4) is 0 Å². The highest BCUT2D eigenvalue weighted by molar-refractivity contribution is 5.97. The highest BCUT2D eigenvalue weighted by atomic mass is 16.3. The summed E-state index contributed by atoms with van der Waals surface area (Å²) >= 11 is 0. The molecular formula is C21H28N4O3. The largest absolute Gasteiger partial charge is 0.469 e. The van der Waals surface area contributed by atoms with Crippen LogP contribution in [-0.4, -0.2) is 67.4 Å². The molecule has 28 heavy (non-hydrogen) atoms. The highest BCUT2D eigenvalue weighted by Gasteiger charge is 2.17. The lowest BCUT2D eigenvalue weighted by molar-refractivity contribution is -0.120.